The van der Waals surface area contributed by atoms with E-state index in [-0.39, 0.29) is 12.4 Å². The van der Waals surface area contributed by atoms with Gasteiger partial charge in [-0.25, -0.2) is 0 Å². The van der Waals surface area contributed by atoms with E-state index in [0.717, 1.165) is 5.56 Å². The molecule has 5 nitrogen and oxygen atoms in total. The van der Waals surface area contributed by atoms with E-state index < -0.39 is 0 Å². The molecule has 2 rings (SSSR count). The van der Waals surface area contributed by atoms with Crippen LogP contribution in [0, 0.1) is 4.77 Å². The Labute approximate surface area is 91.4 Å². The molecule has 2 heterocycles. The highest BCUT2D eigenvalue weighted by Crippen LogP contribution is 2.08. The Balaban J connectivity index is 0.000000980. The predicted octanol–water partition coefficient (Wildman–Crippen LogP) is -2.86. The maximum atomic E-state index is 5.66. The van der Waals surface area contributed by atoms with Crippen LogP contribution in [-0.4, -0.2) is 15.2 Å². The first-order valence-electron chi connectivity index (χ1n) is 3.67. The zero-order valence-electron chi connectivity index (χ0n) is 7.07. The van der Waals surface area contributed by atoms with Crippen LogP contribution in [0.25, 0.3) is 11.4 Å². The van der Waals surface area contributed by atoms with Crippen molar-refractivity contribution >= 4 is 12.2 Å². The molecule has 0 aliphatic heterocycles. The van der Waals surface area contributed by atoms with E-state index in [1.807, 2.05) is 12.1 Å². The summed E-state index contributed by atoms with van der Waals surface area (Å²) in [6.07, 6.45) is 3.41. The predicted molar refractivity (Wildman–Crippen MR) is 49.6 cm³/mol. The average molecular weight is 230 g/mol. The maximum absolute atomic E-state index is 5.66. The number of nitrogens with two attached hydrogens (primary N) is 1. The quantitative estimate of drug-likeness (QED) is 0.280. The van der Waals surface area contributed by atoms with Crippen LogP contribution in [0.2, 0.25) is 0 Å². The van der Waals surface area contributed by atoms with Gasteiger partial charge in [-0.15, -0.1) is 9.77 Å². The third-order valence-corrected chi connectivity index (χ3v) is 1.98. The smallest absolute Gasteiger partial charge is 0.345 e. The van der Waals surface area contributed by atoms with Gasteiger partial charge in [-0.05, 0) is 12.1 Å². The van der Waals surface area contributed by atoms with E-state index in [1.165, 1.54) is 4.68 Å². The number of hydrogen-bond donors (Lipinski definition) is 3. The lowest BCUT2D eigenvalue weighted by molar-refractivity contribution is -0.634. The number of hydrogen-bond acceptors (Lipinski definition) is 3. The fourth-order valence-electron chi connectivity index (χ4n) is 1.05. The summed E-state index contributed by atoms with van der Waals surface area (Å²) in [5.74, 6) is 6.36. The number of pyridine rings is 1. The Kier molecular flexibility index (Phi) is 3.21. The molecule has 0 fully saturated rings. The average Bonchev–Trinajstić information content (AvgIpc) is 2.49. The zero-order chi connectivity index (χ0) is 9.26. The molecule has 0 aromatic carbocycles. The van der Waals surface area contributed by atoms with Gasteiger partial charge in [0.2, 0.25) is 0 Å². The fraction of sp³-hybridized carbons (Fsp3) is 0. The number of nitrogens with zero attached hydrogens (tertiary/aromatic N) is 2. The molecule has 2 aromatic heterocycles. The second-order valence-electron chi connectivity index (χ2n) is 2.52. The molecule has 0 saturated heterocycles. The van der Waals surface area contributed by atoms with Gasteiger partial charge in [0.05, 0.1) is 5.56 Å². The van der Waals surface area contributed by atoms with Crippen LogP contribution in [0.1, 0.15) is 0 Å². The van der Waals surface area contributed by atoms with Gasteiger partial charge in [-0.1, -0.05) is 0 Å². The van der Waals surface area contributed by atoms with Crippen LogP contribution in [0.4, 0.5) is 0 Å². The molecule has 0 aliphatic carbocycles. The van der Waals surface area contributed by atoms with Crippen LogP contribution >= 0.6 is 12.2 Å². The zero-order valence-corrected chi connectivity index (χ0v) is 8.64. The lowest BCUT2D eigenvalue weighted by atomic mass is 10.3. The summed E-state index contributed by atoms with van der Waals surface area (Å²) in [7, 11) is 0. The van der Waals surface area contributed by atoms with Gasteiger partial charge in [-0.3, -0.25) is 10.8 Å². The number of H-pyrrole nitrogens is 2. The van der Waals surface area contributed by atoms with Crippen molar-refractivity contribution in [1.82, 2.24) is 15.2 Å². The summed E-state index contributed by atoms with van der Waals surface area (Å²) >= 11 is 4.90. The molecule has 0 unspecified atom stereocenters. The molecule has 14 heavy (non-hydrogen) atoms. The second-order valence-corrected chi connectivity index (χ2v) is 2.90. The standard InChI is InChI=1S/C7H7N5S.ClH/c8-12-6(10-11-7(12)13)5-2-1-3-9-4-5;/h1-4H,8H2,(H,11,13);1H. The van der Waals surface area contributed by atoms with Crippen molar-refractivity contribution in [3.63, 3.8) is 0 Å². The topological polar surface area (TPSA) is 74.4 Å². The Morgan fingerprint density at radius 2 is 2.21 bits per heavy atom. The summed E-state index contributed by atoms with van der Waals surface area (Å²) in [4.78, 5) is 3.97. The molecule has 7 heteroatoms. The Hall–Kier alpha value is -1.40. The van der Waals surface area contributed by atoms with E-state index in [2.05, 4.69) is 15.2 Å². The largest absolute Gasteiger partial charge is 1.00 e. The summed E-state index contributed by atoms with van der Waals surface area (Å²) in [6, 6.07) is 3.73. The van der Waals surface area contributed by atoms with Crippen LogP contribution in [0.15, 0.2) is 24.5 Å². The summed E-state index contributed by atoms with van der Waals surface area (Å²) in [5.41, 5.74) is 0.886. The number of aromatic amines is 2. The second kappa shape index (κ2) is 4.21. The number of nitrogens with one attached hydrogen (secondary N) is 2. The highest BCUT2D eigenvalue weighted by molar-refractivity contribution is 7.71. The normalized spacial score (nSPS) is 9.43. The van der Waals surface area contributed by atoms with Gasteiger partial charge in [0.15, 0.2) is 0 Å². The summed E-state index contributed by atoms with van der Waals surface area (Å²) < 4.78 is 1.81. The minimum absolute atomic E-state index is 0. The minimum Gasteiger partial charge on any atom is -1.00 e. The van der Waals surface area contributed by atoms with Crippen molar-refractivity contribution in [3.05, 3.63) is 29.3 Å². The highest BCUT2D eigenvalue weighted by Gasteiger charge is 2.11. The molecule has 2 aromatic rings. The monoisotopic (exact) mass is 229 g/mol. The number of rotatable bonds is 1. The molecule has 0 saturated carbocycles. The highest BCUT2D eigenvalue weighted by atomic mass is 35.5. The fourth-order valence-corrected chi connectivity index (χ4v) is 1.19. The van der Waals surface area contributed by atoms with Crippen LogP contribution < -0.4 is 22.9 Å². The number of halogens is 1. The van der Waals surface area contributed by atoms with E-state index >= 15 is 0 Å². The summed E-state index contributed by atoms with van der Waals surface area (Å²) in [5, 5.41) is 5.59. The van der Waals surface area contributed by atoms with Crippen molar-refractivity contribution in [3.8, 4) is 11.4 Å². The van der Waals surface area contributed by atoms with Gasteiger partial charge in [0.25, 0.3) is 5.82 Å². The van der Waals surface area contributed by atoms with E-state index in [4.69, 9.17) is 18.1 Å². The third-order valence-electron chi connectivity index (χ3n) is 1.68. The lowest BCUT2D eigenvalue weighted by Gasteiger charge is -1.92. The number of aromatic nitrogens is 4. The molecule has 74 valence electrons. The first-order valence-corrected chi connectivity index (χ1v) is 4.08. The molecule has 0 amide bonds. The van der Waals surface area contributed by atoms with Crippen molar-refractivity contribution in [2.45, 2.75) is 0 Å². The Bertz CT molecular complexity index is 462. The molecular weight excluding hydrogens is 222 g/mol. The molecular formula is C7H8ClN5S. The van der Waals surface area contributed by atoms with Gasteiger partial charge in [0.1, 0.15) is 0 Å². The molecule has 0 bridgehead atoms. The molecule has 0 spiro atoms. The molecule has 0 atom stereocenters. The van der Waals surface area contributed by atoms with E-state index in [9.17, 15) is 0 Å². The van der Waals surface area contributed by atoms with Crippen molar-refractivity contribution in [1.29, 1.82) is 0 Å². The van der Waals surface area contributed by atoms with E-state index in [0.29, 0.717) is 10.6 Å². The lowest BCUT2D eigenvalue weighted by Crippen LogP contribution is -3.00. The van der Waals surface area contributed by atoms with Crippen LogP contribution in [-0.2, 0) is 0 Å². The van der Waals surface area contributed by atoms with Crippen molar-refractivity contribution in [2.75, 3.05) is 5.84 Å². The van der Waals surface area contributed by atoms with Gasteiger partial charge in [0, 0.05) is 24.6 Å². The van der Waals surface area contributed by atoms with E-state index in [1.54, 1.807) is 12.4 Å². The molecule has 0 radical (unpaired) electrons. The molecule has 4 N–H and O–H groups in total. The van der Waals surface area contributed by atoms with Crippen LogP contribution in [0.3, 0.4) is 0 Å². The van der Waals surface area contributed by atoms with Crippen molar-refractivity contribution < 1.29 is 17.1 Å². The van der Waals surface area contributed by atoms with Gasteiger partial charge in [-0.2, -0.15) is 5.10 Å². The van der Waals surface area contributed by atoms with Crippen molar-refractivity contribution in [2.24, 2.45) is 0 Å². The SMILES string of the molecule is N[n+]1c(-c2cccnc2)[nH][nH]c1=S.[Cl-]. The van der Waals surface area contributed by atoms with Gasteiger partial charge < -0.3 is 12.4 Å². The summed E-state index contributed by atoms with van der Waals surface area (Å²) in [6.45, 7) is 0. The third kappa shape index (κ3) is 1.75. The first-order chi connectivity index (χ1) is 6.29. The first kappa shape index (κ1) is 10.7. The van der Waals surface area contributed by atoms with Gasteiger partial charge >= 0.3 is 4.77 Å². The molecule has 0 aliphatic rings. The van der Waals surface area contributed by atoms with Crippen LogP contribution in [0.5, 0.6) is 0 Å². The Morgan fingerprint density at radius 3 is 2.71 bits per heavy atom. The number of nitrogen functional groups attached to an aromatic ring is 1. The minimum atomic E-state index is 0. The Morgan fingerprint density at radius 1 is 1.43 bits per heavy atom. The maximum Gasteiger partial charge on any atom is 0.345 e.